The summed E-state index contributed by atoms with van der Waals surface area (Å²) in [5, 5.41) is 0. The highest BCUT2D eigenvalue weighted by atomic mass is 19.1. The van der Waals surface area contributed by atoms with Gasteiger partial charge in [-0.05, 0) is 41.5 Å². The molecular weight excluding hydrogens is 339 g/mol. The highest BCUT2D eigenvalue weighted by Crippen LogP contribution is 2.25. The van der Waals surface area contributed by atoms with Gasteiger partial charge in [0.15, 0.2) is 0 Å². The van der Waals surface area contributed by atoms with E-state index in [2.05, 4.69) is 4.90 Å². The minimum absolute atomic E-state index is 0.0632. The smallest absolute Gasteiger partial charge is 0.254 e. The lowest BCUT2D eigenvalue weighted by Gasteiger charge is -2.36. The lowest BCUT2D eigenvalue weighted by molar-refractivity contribution is 0.0747. The van der Waals surface area contributed by atoms with Crippen LogP contribution in [0.3, 0.4) is 0 Å². The topological polar surface area (TPSA) is 23.6 Å². The number of carbonyl (C=O) groups excluding carboxylic acids is 1. The molecule has 0 unspecified atom stereocenters. The molecule has 1 saturated heterocycles. The summed E-state index contributed by atoms with van der Waals surface area (Å²) in [6.07, 6.45) is 0. The van der Waals surface area contributed by atoms with Crippen molar-refractivity contribution in [3.63, 3.8) is 0 Å². The maximum Gasteiger partial charge on any atom is 0.254 e. The molecule has 0 radical (unpaired) electrons. The number of anilines is 1. The lowest BCUT2D eigenvalue weighted by atomic mass is 9.98. The van der Waals surface area contributed by atoms with E-state index in [9.17, 15) is 9.18 Å². The minimum Gasteiger partial charge on any atom is -0.368 e. The summed E-state index contributed by atoms with van der Waals surface area (Å²) >= 11 is 0. The SMILES string of the molecule is O=C(c1ccccc1-c1ccccc1)N1CCN(c2ccc(F)cc2)CC1. The molecule has 4 rings (SSSR count). The summed E-state index contributed by atoms with van der Waals surface area (Å²) in [5.41, 5.74) is 3.74. The quantitative estimate of drug-likeness (QED) is 0.689. The van der Waals surface area contributed by atoms with Gasteiger partial charge in [-0.15, -0.1) is 0 Å². The fraction of sp³-hybridized carbons (Fsp3) is 0.174. The van der Waals surface area contributed by atoms with Crippen LogP contribution in [-0.2, 0) is 0 Å². The van der Waals surface area contributed by atoms with Gasteiger partial charge >= 0.3 is 0 Å². The van der Waals surface area contributed by atoms with Crippen LogP contribution in [-0.4, -0.2) is 37.0 Å². The molecule has 1 fully saturated rings. The number of rotatable bonds is 3. The van der Waals surface area contributed by atoms with Crippen LogP contribution in [0.25, 0.3) is 11.1 Å². The molecule has 3 aromatic carbocycles. The van der Waals surface area contributed by atoms with Crippen LogP contribution in [0.4, 0.5) is 10.1 Å². The summed E-state index contributed by atoms with van der Waals surface area (Å²) in [5.74, 6) is -0.168. The molecule has 0 aromatic heterocycles. The molecule has 4 heteroatoms. The van der Waals surface area contributed by atoms with E-state index in [1.54, 1.807) is 12.1 Å². The molecule has 1 aliphatic heterocycles. The first-order chi connectivity index (χ1) is 13.2. The van der Waals surface area contributed by atoms with Crippen LogP contribution in [0.2, 0.25) is 0 Å². The summed E-state index contributed by atoms with van der Waals surface area (Å²) in [6, 6.07) is 24.3. The first-order valence-corrected chi connectivity index (χ1v) is 9.16. The summed E-state index contributed by atoms with van der Waals surface area (Å²) in [6.45, 7) is 2.79. The van der Waals surface area contributed by atoms with Crippen LogP contribution in [0, 0.1) is 5.82 Å². The van der Waals surface area contributed by atoms with E-state index in [1.165, 1.54) is 12.1 Å². The number of piperazine rings is 1. The van der Waals surface area contributed by atoms with Crippen LogP contribution < -0.4 is 4.90 Å². The van der Waals surface area contributed by atoms with Gasteiger partial charge < -0.3 is 9.80 Å². The van der Waals surface area contributed by atoms with Crippen molar-refractivity contribution in [2.24, 2.45) is 0 Å². The minimum atomic E-state index is -0.231. The van der Waals surface area contributed by atoms with Crippen molar-refractivity contribution < 1.29 is 9.18 Å². The second-order valence-electron chi connectivity index (χ2n) is 6.67. The Kier molecular flexibility index (Phi) is 4.88. The van der Waals surface area contributed by atoms with Crippen LogP contribution in [0.1, 0.15) is 10.4 Å². The number of hydrogen-bond acceptors (Lipinski definition) is 2. The van der Waals surface area contributed by atoms with Crippen molar-refractivity contribution in [2.45, 2.75) is 0 Å². The maximum atomic E-state index is 13.1. The predicted octanol–water partition coefficient (Wildman–Crippen LogP) is 4.46. The van der Waals surface area contributed by atoms with E-state index in [4.69, 9.17) is 0 Å². The Morgan fingerprint density at radius 3 is 2.07 bits per heavy atom. The normalized spacial score (nSPS) is 14.3. The maximum absolute atomic E-state index is 13.1. The number of carbonyl (C=O) groups is 1. The Morgan fingerprint density at radius 1 is 0.741 bits per heavy atom. The first-order valence-electron chi connectivity index (χ1n) is 9.16. The Labute approximate surface area is 158 Å². The van der Waals surface area contributed by atoms with Gasteiger partial charge in [0.2, 0.25) is 0 Å². The second-order valence-corrected chi connectivity index (χ2v) is 6.67. The van der Waals surface area contributed by atoms with E-state index >= 15 is 0 Å². The van der Waals surface area contributed by atoms with Crippen molar-refractivity contribution in [1.82, 2.24) is 4.90 Å². The number of amides is 1. The molecule has 1 amide bonds. The van der Waals surface area contributed by atoms with Gasteiger partial charge in [0, 0.05) is 37.4 Å². The lowest BCUT2D eigenvalue weighted by Crippen LogP contribution is -2.48. The first kappa shape index (κ1) is 17.3. The zero-order chi connectivity index (χ0) is 18.6. The van der Waals surface area contributed by atoms with Crippen LogP contribution >= 0.6 is 0 Å². The summed E-state index contributed by atoms with van der Waals surface area (Å²) in [4.78, 5) is 17.2. The van der Waals surface area contributed by atoms with Crippen molar-refractivity contribution in [1.29, 1.82) is 0 Å². The molecular formula is C23H21FN2O. The number of nitrogens with zero attached hydrogens (tertiary/aromatic N) is 2. The van der Waals surface area contributed by atoms with Crippen molar-refractivity contribution in [2.75, 3.05) is 31.1 Å². The zero-order valence-electron chi connectivity index (χ0n) is 15.0. The molecule has 0 atom stereocenters. The number of halogens is 1. The van der Waals surface area contributed by atoms with Gasteiger partial charge in [-0.2, -0.15) is 0 Å². The van der Waals surface area contributed by atoms with E-state index < -0.39 is 0 Å². The molecule has 3 nitrogen and oxygen atoms in total. The van der Waals surface area contributed by atoms with Crippen LogP contribution in [0.5, 0.6) is 0 Å². The third kappa shape index (κ3) is 3.70. The molecule has 0 bridgehead atoms. The Balaban J connectivity index is 1.50. The van der Waals surface area contributed by atoms with E-state index in [0.29, 0.717) is 13.1 Å². The zero-order valence-corrected chi connectivity index (χ0v) is 15.0. The van der Waals surface area contributed by atoms with E-state index in [0.717, 1.165) is 35.5 Å². The average molecular weight is 360 g/mol. The largest absolute Gasteiger partial charge is 0.368 e. The van der Waals surface area contributed by atoms with Gasteiger partial charge in [-0.3, -0.25) is 4.79 Å². The van der Waals surface area contributed by atoms with Gasteiger partial charge in [-0.25, -0.2) is 4.39 Å². The molecule has 1 aliphatic rings. The summed E-state index contributed by atoms with van der Waals surface area (Å²) in [7, 11) is 0. The van der Waals surface area contributed by atoms with E-state index in [1.807, 2.05) is 59.5 Å². The number of hydrogen-bond donors (Lipinski definition) is 0. The molecule has 3 aromatic rings. The van der Waals surface area contributed by atoms with Crippen LogP contribution in [0.15, 0.2) is 78.9 Å². The third-order valence-electron chi connectivity index (χ3n) is 5.00. The molecule has 0 saturated carbocycles. The summed E-state index contributed by atoms with van der Waals surface area (Å²) < 4.78 is 13.1. The van der Waals surface area contributed by atoms with Crippen molar-refractivity contribution >= 4 is 11.6 Å². The van der Waals surface area contributed by atoms with Gasteiger partial charge in [-0.1, -0.05) is 48.5 Å². The molecule has 0 aliphatic carbocycles. The predicted molar refractivity (Wildman–Crippen MR) is 106 cm³/mol. The average Bonchev–Trinajstić information content (AvgIpc) is 2.74. The molecule has 0 N–H and O–H groups in total. The molecule has 136 valence electrons. The molecule has 0 spiro atoms. The van der Waals surface area contributed by atoms with E-state index in [-0.39, 0.29) is 11.7 Å². The standard InChI is InChI=1S/C23H21FN2O/c24-19-10-12-20(13-11-19)25-14-16-26(17-15-25)23(27)22-9-5-4-8-21(22)18-6-2-1-3-7-18/h1-13H,14-17H2. The number of benzene rings is 3. The fourth-order valence-electron chi connectivity index (χ4n) is 3.53. The fourth-order valence-corrected chi connectivity index (χ4v) is 3.53. The second kappa shape index (κ2) is 7.62. The Hall–Kier alpha value is -3.14. The highest BCUT2D eigenvalue weighted by molar-refractivity contribution is 6.01. The van der Waals surface area contributed by atoms with Gasteiger partial charge in [0.1, 0.15) is 5.82 Å². The van der Waals surface area contributed by atoms with Gasteiger partial charge in [0.05, 0.1) is 0 Å². The molecule has 27 heavy (non-hydrogen) atoms. The van der Waals surface area contributed by atoms with Gasteiger partial charge in [0.25, 0.3) is 5.91 Å². The third-order valence-corrected chi connectivity index (χ3v) is 5.00. The van der Waals surface area contributed by atoms with Crippen molar-refractivity contribution in [3.05, 3.63) is 90.2 Å². The van der Waals surface area contributed by atoms with Crippen molar-refractivity contribution in [3.8, 4) is 11.1 Å². The molecule has 1 heterocycles. The Morgan fingerprint density at radius 2 is 1.37 bits per heavy atom. The highest BCUT2D eigenvalue weighted by Gasteiger charge is 2.24. The monoisotopic (exact) mass is 360 g/mol. The Bertz CT molecular complexity index is 917.